The lowest BCUT2D eigenvalue weighted by Crippen LogP contribution is -2.47. The van der Waals surface area contributed by atoms with Crippen molar-refractivity contribution in [2.24, 2.45) is 5.92 Å². The number of anilines is 2. The number of rotatable bonds is 10. The fourth-order valence-corrected chi connectivity index (χ4v) is 4.55. The molecular weight excluding hydrogens is 559 g/mol. The van der Waals surface area contributed by atoms with E-state index in [4.69, 9.17) is 11.6 Å². The maximum atomic E-state index is 14.7. The Kier molecular flexibility index (Phi) is 10.7. The Hall–Kier alpha value is -2.96. The fraction of sp³-hybridized carbons (Fsp3) is 0.481. The van der Waals surface area contributed by atoms with Gasteiger partial charge in [-0.3, -0.25) is 14.5 Å². The van der Waals surface area contributed by atoms with Crippen molar-refractivity contribution in [1.29, 1.82) is 0 Å². The minimum Gasteiger partial charge on any atom is -0.383 e. The molecule has 2 aromatic carbocycles. The van der Waals surface area contributed by atoms with Crippen LogP contribution in [0.2, 0.25) is 5.02 Å². The van der Waals surface area contributed by atoms with Crippen LogP contribution in [0.3, 0.4) is 0 Å². The summed E-state index contributed by atoms with van der Waals surface area (Å²) in [7, 11) is 0. The molecule has 1 unspecified atom stereocenters. The molecule has 40 heavy (non-hydrogen) atoms. The molecular formula is C27H32ClF5N4O3. The van der Waals surface area contributed by atoms with E-state index in [1.165, 1.54) is 12.1 Å². The molecule has 1 heterocycles. The molecule has 3 rings (SSSR count). The zero-order chi connectivity index (χ0) is 29.6. The van der Waals surface area contributed by atoms with Gasteiger partial charge in [-0.1, -0.05) is 25.4 Å². The first-order valence-corrected chi connectivity index (χ1v) is 13.2. The highest BCUT2D eigenvalue weighted by molar-refractivity contribution is 6.31. The normalized spacial score (nSPS) is 15.3. The topological polar surface area (TPSA) is 84.9 Å². The van der Waals surface area contributed by atoms with E-state index in [1.807, 2.05) is 18.7 Å². The van der Waals surface area contributed by atoms with Crippen molar-refractivity contribution in [2.75, 3.05) is 42.9 Å². The number of carbonyl (C=O) groups excluding carboxylic acids is 2. The van der Waals surface area contributed by atoms with Gasteiger partial charge in [-0.15, -0.1) is 0 Å². The van der Waals surface area contributed by atoms with Gasteiger partial charge < -0.3 is 20.6 Å². The van der Waals surface area contributed by atoms with Gasteiger partial charge in [0, 0.05) is 55.4 Å². The molecule has 0 spiro atoms. The Bertz CT molecular complexity index is 1200. The van der Waals surface area contributed by atoms with Gasteiger partial charge in [0.2, 0.25) is 5.91 Å². The first-order valence-electron chi connectivity index (χ1n) is 12.8. The van der Waals surface area contributed by atoms with Crippen LogP contribution < -0.4 is 15.5 Å². The summed E-state index contributed by atoms with van der Waals surface area (Å²) in [6.45, 7) is 4.46. The van der Waals surface area contributed by atoms with Crippen LogP contribution in [0.1, 0.15) is 42.6 Å². The molecule has 1 fully saturated rings. The molecule has 0 saturated carbocycles. The Labute approximate surface area is 234 Å². The van der Waals surface area contributed by atoms with E-state index in [9.17, 15) is 36.6 Å². The number of nitrogens with one attached hydrogen (secondary N) is 2. The largest absolute Gasteiger partial charge is 0.390 e. The monoisotopic (exact) mass is 590 g/mol. The number of aliphatic hydroxyl groups is 1. The SMILES string of the molecule is CC(C)CC(O)C(=O)NCc1c(C(=O)Nc2ccc(Cl)cc2N2CCN(CCC(F)(F)F)CC2)ccc(F)c1F. The molecule has 220 valence electrons. The van der Waals surface area contributed by atoms with Crippen LogP contribution in [0.15, 0.2) is 30.3 Å². The molecule has 1 atom stereocenters. The smallest absolute Gasteiger partial charge is 0.383 e. The number of alkyl halides is 3. The van der Waals surface area contributed by atoms with Gasteiger partial charge in [0.05, 0.1) is 17.8 Å². The van der Waals surface area contributed by atoms with Crippen LogP contribution in [0.5, 0.6) is 0 Å². The summed E-state index contributed by atoms with van der Waals surface area (Å²) in [6.07, 6.45) is -6.32. The van der Waals surface area contributed by atoms with Gasteiger partial charge in [-0.05, 0) is 42.7 Å². The van der Waals surface area contributed by atoms with Crippen LogP contribution in [-0.4, -0.2) is 66.8 Å². The molecule has 0 aromatic heterocycles. The molecule has 1 aliphatic heterocycles. The molecule has 0 bridgehead atoms. The van der Waals surface area contributed by atoms with E-state index in [0.717, 1.165) is 12.1 Å². The van der Waals surface area contributed by atoms with Crippen molar-refractivity contribution in [1.82, 2.24) is 10.2 Å². The zero-order valence-corrected chi connectivity index (χ0v) is 22.9. The number of hydrogen-bond donors (Lipinski definition) is 3. The highest BCUT2D eigenvalue weighted by Gasteiger charge is 2.29. The van der Waals surface area contributed by atoms with Gasteiger partial charge in [0.1, 0.15) is 6.10 Å². The van der Waals surface area contributed by atoms with Crippen LogP contribution >= 0.6 is 11.6 Å². The highest BCUT2D eigenvalue weighted by atomic mass is 35.5. The van der Waals surface area contributed by atoms with Crippen molar-refractivity contribution in [3.63, 3.8) is 0 Å². The number of amides is 2. The molecule has 2 aromatic rings. The predicted molar refractivity (Wildman–Crippen MR) is 142 cm³/mol. The third kappa shape index (κ3) is 8.77. The van der Waals surface area contributed by atoms with E-state index in [2.05, 4.69) is 10.6 Å². The summed E-state index contributed by atoms with van der Waals surface area (Å²) in [5.74, 6) is -4.06. The van der Waals surface area contributed by atoms with Crippen LogP contribution in [0.4, 0.5) is 33.3 Å². The molecule has 13 heteroatoms. The van der Waals surface area contributed by atoms with Gasteiger partial charge in [-0.2, -0.15) is 13.2 Å². The second kappa shape index (κ2) is 13.6. The number of aliphatic hydroxyl groups excluding tert-OH is 1. The van der Waals surface area contributed by atoms with Gasteiger partial charge in [0.25, 0.3) is 5.91 Å². The summed E-state index contributed by atoms with van der Waals surface area (Å²) < 4.78 is 66.6. The average molecular weight is 591 g/mol. The first kappa shape index (κ1) is 31.6. The lowest BCUT2D eigenvalue weighted by molar-refractivity contribution is -0.138. The first-order chi connectivity index (χ1) is 18.7. The fourth-order valence-electron chi connectivity index (χ4n) is 4.38. The molecule has 0 aliphatic carbocycles. The minimum absolute atomic E-state index is 0.0180. The van der Waals surface area contributed by atoms with E-state index in [0.29, 0.717) is 42.6 Å². The van der Waals surface area contributed by atoms with Crippen LogP contribution in [0.25, 0.3) is 0 Å². The van der Waals surface area contributed by atoms with Crippen molar-refractivity contribution in [3.8, 4) is 0 Å². The van der Waals surface area contributed by atoms with Gasteiger partial charge in [-0.25, -0.2) is 8.78 Å². The lowest BCUT2D eigenvalue weighted by Gasteiger charge is -2.37. The Morgan fingerprint density at radius 1 is 1.07 bits per heavy atom. The second-order valence-corrected chi connectivity index (χ2v) is 10.5. The maximum absolute atomic E-state index is 14.7. The minimum atomic E-state index is -4.24. The molecule has 0 radical (unpaired) electrons. The van der Waals surface area contributed by atoms with Crippen molar-refractivity contribution in [2.45, 2.75) is 45.5 Å². The molecule has 7 nitrogen and oxygen atoms in total. The third-order valence-electron chi connectivity index (χ3n) is 6.51. The number of nitrogens with zero attached hydrogens (tertiary/aromatic N) is 2. The van der Waals surface area contributed by atoms with Crippen LogP contribution in [-0.2, 0) is 11.3 Å². The van der Waals surface area contributed by atoms with Crippen molar-refractivity contribution >= 4 is 34.8 Å². The van der Waals surface area contributed by atoms with E-state index < -0.39 is 54.3 Å². The summed E-state index contributed by atoms with van der Waals surface area (Å²) in [5, 5.41) is 15.4. The number of halogens is 6. The van der Waals surface area contributed by atoms with E-state index in [1.54, 1.807) is 11.0 Å². The van der Waals surface area contributed by atoms with E-state index in [-0.39, 0.29) is 24.4 Å². The Morgan fingerprint density at radius 2 is 1.75 bits per heavy atom. The molecule has 1 aliphatic rings. The van der Waals surface area contributed by atoms with Gasteiger partial charge in [0.15, 0.2) is 11.6 Å². The van der Waals surface area contributed by atoms with Crippen molar-refractivity contribution in [3.05, 3.63) is 58.1 Å². The molecule has 3 N–H and O–H groups in total. The Balaban J connectivity index is 1.76. The van der Waals surface area contributed by atoms with Gasteiger partial charge >= 0.3 is 6.18 Å². The quantitative estimate of drug-likeness (QED) is 0.341. The molecule has 2 amide bonds. The highest BCUT2D eigenvalue weighted by Crippen LogP contribution is 2.31. The standard InChI is InChI=1S/C27H32ClF5N4O3/c1-16(2)13-23(38)26(40)34-15-19-18(4-5-20(29)24(19)30)25(39)35-21-6-3-17(28)14-22(21)37-11-9-36(10-12-37)8-7-27(31,32)33/h3-6,14,16,23,38H,7-13,15H2,1-2H3,(H,34,40)(H,35,39). The average Bonchev–Trinajstić information content (AvgIpc) is 2.88. The zero-order valence-electron chi connectivity index (χ0n) is 22.1. The summed E-state index contributed by atoms with van der Waals surface area (Å²) in [6, 6.07) is 6.56. The summed E-state index contributed by atoms with van der Waals surface area (Å²) >= 11 is 6.18. The Morgan fingerprint density at radius 3 is 2.38 bits per heavy atom. The van der Waals surface area contributed by atoms with Crippen LogP contribution in [0, 0.1) is 17.6 Å². The third-order valence-corrected chi connectivity index (χ3v) is 6.74. The molecule has 1 saturated heterocycles. The second-order valence-electron chi connectivity index (χ2n) is 10.1. The lowest BCUT2D eigenvalue weighted by atomic mass is 10.0. The summed E-state index contributed by atoms with van der Waals surface area (Å²) in [4.78, 5) is 29.0. The van der Waals surface area contributed by atoms with Crippen molar-refractivity contribution < 1.29 is 36.6 Å². The maximum Gasteiger partial charge on any atom is 0.390 e. The number of piperazine rings is 1. The number of benzene rings is 2. The number of carbonyl (C=O) groups is 2. The number of hydrogen-bond acceptors (Lipinski definition) is 5. The summed E-state index contributed by atoms with van der Waals surface area (Å²) in [5.41, 5.74) is 0.211. The van der Waals surface area contributed by atoms with E-state index >= 15 is 0 Å². The predicted octanol–water partition coefficient (Wildman–Crippen LogP) is 4.97.